The molecule has 0 saturated heterocycles. The van der Waals surface area contributed by atoms with Crippen molar-refractivity contribution in [3.8, 4) is 22.9 Å². The van der Waals surface area contributed by atoms with Gasteiger partial charge in [-0.15, -0.1) is 0 Å². The summed E-state index contributed by atoms with van der Waals surface area (Å²) in [5.41, 5.74) is 4.25. The SMILES string of the molecule is COc1ccc(-c2c(C(=O)Nc3ccc(C)cc3)c(C)[nH]c(=S)c2C#N)cc1. The van der Waals surface area contributed by atoms with Crippen molar-refractivity contribution in [2.75, 3.05) is 12.4 Å². The molecule has 3 aromatic rings. The van der Waals surface area contributed by atoms with Crippen LogP contribution in [0.5, 0.6) is 5.75 Å². The maximum Gasteiger partial charge on any atom is 0.258 e. The van der Waals surface area contributed by atoms with Crippen LogP contribution in [0.15, 0.2) is 48.5 Å². The quantitative estimate of drug-likeness (QED) is 0.604. The number of hydrogen-bond donors (Lipinski definition) is 2. The van der Waals surface area contributed by atoms with Gasteiger partial charge in [0.1, 0.15) is 16.5 Å². The molecule has 0 aliphatic carbocycles. The first-order valence-electron chi connectivity index (χ1n) is 8.64. The van der Waals surface area contributed by atoms with Crippen LogP contribution in [0.2, 0.25) is 0 Å². The molecule has 6 heteroatoms. The van der Waals surface area contributed by atoms with Gasteiger partial charge in [0.25, 0.3) is 5.91 Å². The van der Waals surface area contributed by atoms with Crippen LogP contribution in [0.1, 0.15) is 27.2 Å². The van der Waals surface area contributed by atoms with Crippen LogP contribution in [0.25, 0.3) is 11.1 Å². The molecule has 5 nitrogen and oxygen atoms in total. The van der Waals surface area contributed by atoms with E-state index in [4.69, 9.17) is 17.0 Å². The highest BCUT2D eigenvalue weighted by Crippen LogP contribution is 2.31. The summed E-state index contributed by atoms with van der Waals surface area (Å²) in [6, 6.07) is 16.9. The lowest BCUT2D eigenvalue weighted by Gasteiger charge is -2.15. The minimum atomic E-state index is -0.310. The third-order valence-electron chi connectivity index (χ3n) is 4.43. The first kappa shape index (κ1) is 19.3. The van der Waals surface area contributed by atoms with Crippen molar-refractivity contribution >= 4 is 23.8 Å². The summed E-state index contributed by atoms with van der Waals surface area (Å²) in [6.07, 6.45) is 0. The number of carbonyl (C=O) groups excluding carboxylic acids is 1. The summed E-state index contributed by atoms with van der Waals surface area (Å²) in [5.74, 6) is 0.376. The van der Waals surface area contributed by atoms with E-state index in [0.717, 1.165) is 11.1 Å². The normalized spacial score (nSPS) is 10.2. The summed E-state index contributed by atoms with van der Waals surface area (Å²) in [6.45, 7) is 3.75. The maximum atomic E-state index is 13.1. The van der Waals surface area contributed by atoms with Crippen molar-refractivity contribution < 1.29 is 9.53 Å². The number of nitrogens with zero attached hydrogens (tertiary/aromatic N) is 1. The Bertz CT molecular complexity index is 1120. The van der Waals surface area contributed by atoms with Crippen LogP contribution >= 0.6 is 12.2 Å². The van der Waals surface area contributed by atoms with Gasteiger partial charge in [-0.1, -0.05) is 42.0 Å². The van der Waals surface area contributed by atoms with Crippen molar-refractivity contribution in [2.24, 2.45) is 0 Å². The molecular weight excluding hydrogens is 370 g/mol. The molecule has 1 amide bonds. The van der Waals surface area contributed by atoms with Gasteiger partial charge < -0.3 is 15.0 Å². The number of carbonyl (C=O) groups is 1. The van der Waals surface area contributed by atoms with Gasteiger partial charge in [-0.25, -0.2) is 0 Å². The lowest BCUT2D eigenvalue weighted by atomic mass is 9.94. The lowest BCUT2D eigenvalue weighted by Crippen LogP contribution is -2.17. The molecular formula is C22H19N3O2S. The Hall–Kier alpha value is -3.43. The van der Waals surface area contributed by atoms with E-state index < -0.39 is 0 Å². The number of rotatable bonds is 4. The number of benzene rings is 2. The van der Waals surface area contributed by atoms with Crippen molar-refractivity contribution in [1.29, 1.82) is 5.26 Å². The minimum Gasteiger partial charge on any atom is -0.497 e. The van der Waals surface area contributed by atoms with E-state index >= 15 is 0 Å². The molecule has 0 bridgehead atoms. The number of pyridine rings is 1. The third kappa shape index (κ3) is 3.80. The van der Waals surface area contributed by atoms with Crippen LogP contribution in [0.3, 0.4) is 0 Å². The number of amides is 1. The van der Waals surface area contributed by atoms with Gasteiger partial charge in [-0.3, -0.25) is 4.79 Å². The topological polar surface area (TPSA) is 77.9 Å². The molecule has 0 aliphatic rings. The van der Waals surface area contributed by atoms with Crippen LogP contribution in [-0.4, -0.2) is 18.0 Å². The number of aromatic nitrogens is 1. The second-order valence-electron chi connectivity index (χ2n) is 6.36. The first-order valence-corrected chi connectivity index (χ1v) is 9.05. The van der Waals surface area contributed by atoms with Gasteiger partial charge >= 0.3 is 0 Å². The standard InChI is InChI=1S/C22H19N3O2S/c1-13-4-8-16(9-5-13)25-21(26)19-14(2)24-22(28)18(12-23)20(19)15-6-10-17(27-3)11-7-15/h4-11H,1-3H3,(H,24,28)(H,25,26). The van der Waals surface area contributed by atoms with Crippen molar-refractivity contribution in [3.63, 3.8) is 0 Å². The number of anilines is 1. The highest BCUT2D eigenvalue weighted by atomic mass is 32.1. The van der Waals surface area contributed by atoms with E-state index in [1.54, 1.807) is 26.2 Å². The zero-order chi connectivity index (χ0) is 20.3. The van der Waals surface area contributed by atoms with Gasteiger partial charge in [0.05, 0.1) is 18.2 Å². The van der Waals surface area contributed by atoms with E-state index in [-0.39, 0.29) is 11.5 Å². The fourth-order valence-corrected chi connectivity index (χ4v) is 3.29. The molecule has 0 unspecified atom stereocenters. The predicted octanol–water partition coefficient (Wildman–Crippen LogP) is 5.16. The van der Waals surface area contributed by atoms with Crippen LogP contribution in [0, 0.1) is 29.8 Å². The van der Waals surface area contributed by atoms with Gasteiger partial charge in [0.2, 0.25) is 0 Å². The first-order chi connectivity index (χ1) is 13.4. The Morgan fingerprint density at radius 3 is 2.32 bits per heavy atom. The smallest absolute Gasteiger partial charge is 0.258 e. The van der Waals surface area contributed by atoms with Gasteiger partial charge in [0.15, 0.2) is 0 Å². The average molecular weight is 389 g/mol. The molecule has 0 fully saturated rings. The molecule has 28 heavy (non-hydrogen) atoms. The molecule has 0 saturated carbocycles. The van der Waals surface area contributed by atoms with Crippen LogP contribution in [0.4, 0.5) is 5.69 Å². The predicted molar refractivity (Wildman–Crippen MR) is 112 cm³/mol. The summed E-state index contributed by atoms with van der Waals surface area (Å²) >= 11 is 5.33. The number of aryl methyl sites for hydroxylation is 2. The summed E-state index contributed by atoms with van der Waals surface area (Å²) in [4.78, 5) is 16.1. The van der Waals surface area contributed by atoms with Crippen LogP contribution in [-0.2, 0) is 0 Å². The number of aromatic amines is 1. The monoisotopic (exact) mass is 389 g/mol. The fraction of sp³-hybridized carbons (Fsp3) is 0.136. The molecule has 1 aromatic heterocycles. The van der Waals surface area contributed by atoms with E-state index in [1.807, 2.05) is 43.3 Å². The highest BCUT2D eigenvalue weighted by Gasteiger charge is 2.21. The van der Waals surface area contributed by atoms with E-state index in [9.17, 15) is 10.1 Å². The molecule has 0 spiro atoms. The minimum absolute atomic E-state index is 0.264. The summed E-state index contributed by atoms with van der Waals surface area (Å²) in [5, 5.41) is 12.6. The van der Waals surface area contributed by atoms with Crippen LogP contribution < -0.4 is 10.1 Å². The molecule has 3 rings (SSSR count). The lowest BCUT2D eigenvalue weighted by molar-refractivity contribution is 0.102. The molecule has 2 N–H and O–H groups in total. The Morgan fingerprint density at radius 2 is 1.75 bits per heavy atom. The third-order valence-corrected chi connectivity index (χ3v) is 4.74. The molecule has 0 radical (unpaired) electrons. The second-order valence-corrected chi connectivity index (χ2v) is 6.77. The van der Waals surface area contributed by atoms with E-state index in [1.165, 1.54) is 0 Å². The molecule has 140 valence electrons. The van der Waals surface area contributed by atoms with Crippen molar-refractivity contribution in [2.45, 2.75) is 13.8 Å². The summed E-state index contributed by atoms with van der Waals surface area (Å²) in [7, 11) is 1.58. The molecule has 0 atom stereocenters. The highest BCUT2D eigenvalue weighted by molar-refractivity contribution is 7.71. The van der Waals surface area contributed by atoms with E-state index in [0.29, 0.717) is 32.9 Å². The molecule has 2 aromatic carbocycles. The Labute approximate surface area is 168 Å². The number of methoxy groups -OCH3 is 1. The number of nitriles is 1. The van der Waals surface area contributed by atoms with Gasteiger partial charge in [-0.2, -0.15) is 5.26 Å². The average Bonchev–Trinajstić information content (AvgIpc) is 2.69. The van der Waals surface area contributed by atoms with Gasteiger partial charge in [0, 0.05) is 16.9 Å². The zero-order valence-electron chi connectivity index (χ0n) is 15.8. The second kappa shape index (κ2) is 8.07. The Balaban J connectivity index is 2.16. The fourth-order valence-electron chi connectivity index (χ4n) is 2.99. The number of nitrogens with one attached hydrogen (secondary N) is 2. The Morgan fingerprint density at radius 1 is 1.11 bits per heavy atom. The largest absolute Gasteiger partial charge is 0.497 e. The Kier molecular flexibility index (Phi) is 5.57. The molecule has 1 heterocycles. The van der Waals surface area contributed by atoms with E-state index in [2.05, 4.69) is 16.4 Å². The van der Waals surface area contributed by atoms with Crippen molar-refractivity contribution in [1.82, 2.24) is 4.98 Å². The van der Waals surface area contributed by atoms with Crippen molar-refractivity contribution in [3.05, 3.63) is 75.6 Å². The maximum absolute atomic E-state index is 13.1. The number of H-pyrrole nitrogens is 1. The number of hydrogen-bond acceptors (Lipinski definition) is 4. The zero-order valence-corrected chi connectivity index (χ0v) is 16.6. The molecule has 0 aliphatic heterocycles. The van der Waals surface area contributed by atoms with Gasteiger partial charge in [-0.05, 0) is 43.7 Å². The summed E-state index contributed by atoms with van der Waals surface area (Å²) < 4.78 is 5.51. The number of ether oxygens (including phenoxy) is 1.